The van der Waals surface area contributed by atoms with E-state index in [9.17, 15) is 24.3 Å². The lowest BCUT2D eigenvalue weighted by molar-refractivity contribution is -0.163. The van der Waals surface area contributed by atoms with Crippen molar-refractivity contribution in [3.63, 3.8) is 0 Å². The molecule has 11 nitrogen and oxygen atoms in total. The Bertz CT molecular complexity index is 1330. The lowest BCUT2D eigenvalue weighted by Crippen LogP contribution is -2.59. The lowest BCUT2D eigenvalue weighted by Gasteiger charge is -2.40. The van der Waals surface area contributed by atoms with Crippen molar-refractivity contribution in [3.05, 3.63) is 60.2 Å². The first-order valence-electron chi connectivity index (χ1n) is 16.5. The Labute approximate surface area is 270 Å². The first-order chi connectivity index (χ1) is 22.2. The second-order valence-corrected chi connectivity index (χ2v) is 12.7. The largest absolute Gasteiger partial charge is 0.455 e. The fourth-order valence-electron chi connectivity index (χ4n) is 7.59. The molecular weight excluding hydrogens is 590 g/mol. The van der Waals surface area contributed by atoms with E-state index >= 15 is 0 Å². The monoisotopic (exact) mass is 637 g/mol. The molecule has 1 spiro atoms. The van der Waals surface area contributed by atoms with Crippen LogP contribution in [0.25, 0.3) is 0 Å². The van der Waals surface area contributed by atoms with Crippen LogP contribution in [0, 0.1) is 11.8 Å². The van der Waals surface area contributed by atoms with E-state index in [0.717, 1.165) is 12.8 Å². The molecule has 3 amide bonds. The van der Waals surface area contributed by atoms with Gasteiger partial charge in [-0.2, -0.15) is 0 Å². The quantitative estimate of drug-likeness (QED) is 0.312. The number of carbonyl (C=O) groups excluding carboxylic acids is 4. The van der Waals surface area contributed by atoms with Gasteiger partial charge in [0.2, 0.25) is 17.7 Å². The fourth-order valence-corrected chi connectivity index (χ4v) is 7.59. The van der Waals surface area contributed by atoms with Gasteiger partial charge in [0.25, 0.3) is 0 Å². The summed E-state index contributed by atoms with van der Waals surface area (Å²) in [5.74, 6) is -3.65. The average Bonchev–Trinajstić information content (AvgIpc) is 3.69. The highest BCUT2D eigenvalue weighted by atomic mass is 16.6. The molecule has 0 aliphatic carbocycles. The molecule has 0 aromatic heterocycles. The molecule has 9 atom stereocenters. The van der Waals surface area contributed by atoms with Crippen molar-refractivity contribution in [2.45, 2.75) is 94.9 Å². The zero-order valence-electron chi connectivity index (χ0n) is 27.2. The van der Waals surface area contributed by atoms with Crippen LogP contribution in [0.15, 0.2) is 54.6 Å². The predicted molar refractivity (Wildman–Crippen MR) is 169 cm³/mol. The van der Waals surface area contributed by atoms with E-state index < -0.39 is 59.6 Å². The van der Waals surface area contributed by atoms with Crippen LogP contribution in [-0.2, 0) is 33.4 Å². The molecule has 4 aliphatic rings. The van der Waals surface area contributed by atoms with Gasteiger partial charge in [-0.1, -0.05) is 74.9 Å². The van der Waals surface area contributed by atoms with Gasteiger partial charge in [0.05, 0.1) is 37.3 Å². The number of nitrogens with zero attached hydrogens (tertiary/aromatic N) is 2. The number of fused-ring (bicyclic) bond motifs is 2. The minimum atomic E-state index is -1.39. The van der Waals surface area contributed by atoms with Crippen molar-refractivity contribution in [1.82, 2.24) is 15.1 Å². The first kappa shape index (κ1) is 33.8. The summed E-state index contributed by atoms with van der Waals surface area (Å²) < 4.78 is 18.2. The Kier molecular flexibility index (Phi) is 10.6. The molecule has 250 valence electrons. The number of hydrogen-bond acceptors (Lipinski definition) is 8. The number of ether oxygens (including phenoxy) is 3. The molecular formula is C35H47N3O8. The Morgan fingerprint density at radius 2 is 1.87 bits per heavy atom. The van der Waals surface area contributed by atoms with Gasteiger partial charge >= 0.3 is 5.97 Å². The zero-order valence-corrected chi connectivity index (χ0v) is 27.2. The molecule has 46 heavy (non-hydrogen) atoms. The summed E-state index contributed by atoms with van der Waals surface area (Å²) in [6.45, 7) is 5.90. The van der Waals surface area contributed by atoms with Crippen LogP contribution < -0.4 is 5.32 Å². The average molecular weight is 638 g/mol. The van der Waals surface area contributed by atoms with Crippen molar-refractivity contribution >= 4 is 23.7 Å². The lowest BCUT2D eigenvalue weighted by atomic mass is 9.74. The van der Waals surface area contributed by atoms with Crippen molar-refractivity contribution in [3.8, 4) is 0 Å². The molecule has 1 unspecified atom stereocenters. The maximum Gasteiger partial charge on any atom is 0.313 e. The summed E-state index contributed by atoms with van der Waals surface area (Å²) in [4.78, 5) is 59.8. The molecule has 0 radical (unpaired) electrons. The zero-order chi connectivity index (χ0) is 33.0. The third kappa shape index (κ3) is 6.12. The summed E-state index contributed by atoms with van der Waals surface area (Å²) in [5, 5.41) is 13.4. The molecule has 1 aromatic rings. The van der Waals surface area contributed by atoms with E-state index in [4.69, 9.17) is 14.2 Å². The third-order valence-corrected chi connectivity index (χ3v) is 9.85. The number of aliphatic hydroxyl groups excluding tert-OH is 1. The second kappa shape index (κ2) is 14.5. The van der Waals surface area contributed by atoms with Crippen molar-refractivity contribution in [1.29, 1.82) is 0 Å². The number of rotatable bonds is 9. The van der Waals surface area contributed by atoms with E-state index in [1.165, 1.54) is 12.0 Å². The number of carbonyl (C=O) groups is 4. The molecule has 5 rings (SSSR count). The molecule has 4 aliphatic heterocycles. The number of methoxy groups -OCH3 is 1. The number of esters is 1. The molecule has 2 N–H and O–H groups in total. The topological polar surface area (TPSA) is 135 Å². The maximum absolute atomic E-state index is 14.7. The van der Waals surface area contributed by atoms with Gasteiger partial charge in [-0.25, -0.2) is 0 Å². The molecule has 0 saturated carbocycles. The second-order valence-electron chi connectivity index (χ2n) is 12.7. The van der Waals surface area contributed by atoms with Gasteiger partial charge in [0.1, 0.15) is 23.7 Å². The number of nitrogens with one attached hydrogen (secondary N) is 1. The van der Waals surface area contributed by atoms with Crippen LogP contribution in [0.3, 0.4) is 0 Å². The number of amides is 3. The normalized spacial score (nSPS) is 33.5. The standard InChI is InChI=1S/C35H47N3O8/c1-5-13-22(3)37-19-12-8-11-16-27(40)36-25(21-44-4)30(23-14-9-7-10-15-23)45-34(43)28-26-17-18-35(46-26)29(28)32(41)38(24(6-2)20-39)31(35)33(37)42/h7-10,12,14-15,17-18,22,24-26,28-31,39H,5-6,11,13,16,19-21H2,1-4H3,(H,36,40)/b12-8-/t22?,24-,25-,26+,28-,29-,30-,31+,35-/m0/s1. The van der Waals surface area contributed by atoms with Gasteiger partial charge in [-0.05, 0) is 31.7 Å². The van der Waals surface area contributed by atoms with E-state index in [2.05, 4.69) is 5.32 Å². The minimum absolute atomic E-state index is 0.0779. The van der Waals surface area contributed by atoms with Crippen molar-refractivity contribution < 1.29 is 38.5 Å². The highest BCUT2D eigenvalue weighted by molar-refractivity contribution is 5.99. The van der Waals surface area contributed by atoms with Crippen LogP contribution in [0.5, 0.6) is 0 Å². The van der Waals surface area contributed by atoms with Crippen LogP contribution in [-0.4, -0.2) is 101 Å². The SMILES string of the molecule is CCCC(C)N1C/C=C\CCC(=O)N[C@@H](COC)[C@H](c2ccccc2)OC(=O)[C@@H]2[C@H]3C(=O)N([C@@H](CC)CO)[C@H](C1=O)[C@]31C=C[C@H]2O1. The van der Waals surface area contributed by atoms with Gasteiger partial charge in [-0.15, -0.1) is 0 Å². The van der Waals surface area contributed by atoms with Crippen LogP contribution >= 0.6 is 0 Å². The van der Waals surface area contributed by atoms with Gasteiger partial charge in [-0.3, -0.25) is 19.2 Å². The van der Waals surface area contributed by atoms with E-state index in [1.807, 2.05) is 63.3 Å². The number of hydrogen-bond donors (Lipinski definition) is 2. The molecule has 11 heteroatoms. The van der Waals surface area contributed by atoms with Crippen LogP contribution in [0.1, 0.15) is 64.5 Å². The smallest absolute Gasteiger partial charge is 0.313 e. The molecule has 2 saturated heterocycles. The molecule has 1 aromatic carbocycles. The van der Waals surface area contributed by atoms with E-state index in [1.54, 1.807) is 17.1 Å². The number of benzene rings is 1. The molecule has 5 bridgehead atoms. The minimum Gasteiger partial charge on any atom is -0.455 e. The van der Waals surface area contributed by atoms with Gasteiger partial charge < -0.3 is 34.4 Å². The maximum atomic E-state index is 14.7. The first-order valence-corrected chi connectivity index (χ1v) is 16.5. The van der Waals surface area contributed by atoms with Crippen LogP contribution in [0.2, 0.25) is 0 Å². The Morgan fingerprint density at radius 3 is 2.54 bits per heavy atom. The third-order valence-electron chi connectivity index (χ3n) is 9.85. The molecule has 2 fully saturated rings. The Morgan fingerprint density at radius 1 is 1.11 bits per heavy atom. The Hall–Kier alpha value is -3.54. The predicted octanol–water partition coefficient (Wildman–Crippen LogP) is 2.69. The number of aliphatic hydroxyl groups is 1. The van der Waals surface area contributed by atoms with Gasteiger partial charge in [0, 0.05) is 26.1 Å². The van der Waals surface area contributed by atoms with E-state index in [-0.39, 0.29) is 44.0 Å². The summed E-state index contributed by atoms with van der Waals surface area (Å²) >= 11 is 0. The fraction of sp³-hybridized carbons (Fsp3) is 0.600. The summed E-state index contributed by atoms with van der Waals surface area (Å²) in [5.41, 5.74) is -0.736. The summed E-state index contributed by atoms with van der Waals surface area (Å²) in [7, 11) is 1.51. The Balaban J connectivity index is 1.62. The number of cyclic esters (lactones) is 1. The van der Waals surface area contributed by atoms with Gasteiger partial charge in [0.15, 0.2) is 0 Å². The van der Waals surface area contributed by atoms with Crippen LogP contribution in [0.4, 0.5) is 0 Å². The highest BCUT2D eigenvalue weighted by Gasteiger charge is 2.74. The number of allylic oxidation sites excluding steroid dienone is 1. The summed E-state index contributed by atoms with van der Waals surface area (Å²) in [6, 6.07) is 6.54. The van der Waals surface area contributed by atoms with Crippen molar-refractivity contribution in [2.24, 2.45) is 11.8 Å². The van der Waals surface area contributed by atoms with Crippen molar-refractivity contribution in [2.75, 3.05) is 26.9 Å². The molecule has 4 heterocycles. The number of likely N-dealkylation sites (tertiary alicyclic amines) is 1. The van der Waals surface area contributed by atoms with E-state index in [0.29, 0.717) is 18.4 Å². The summed E-state index contributed by atoms with van der Waals surface area (Å²) in [6.07, 6.45) is 8.22. The highest BCUT2D eigenvalue weighted by Crippen LogP contribution is 2.56.